The molecule has 1 aromatic rings. The zero-order chi connectivity index (χ0) is 14.1. The normalized spacial score (nSPS) is 11.6. The number of hydrogen-bond donors (Lipinski definition) is 2. The van der Waals surface area contributed by atoms with E-state index in [0.717, 1.165) is 25.1 Å². The fraction of sp³-hybridized carbons (Fsp3) is 0.533. The Hall–Kier alpha value is -1.13. The van der Waals surface area contributed by atoms with Crippen LogP contribution in [0.5, 0.6) is 0 Å². The lowest BCUT2D eigenvalue weighted by Crippen LogP contribution is -2.32. The van der Waals surface area contributed by atoms with E-state index in [-0.39, 0.29) is 30.0 Å². The van der Waals surface area contributed by atoms with Crippen LogP contribution in [0.1, 0.15) is 38.2 Å². The molecule has 0 aromatic heterocycles. The summed E-state index contributed by atoms with van der Waals surface area (Å²) in [5, 5.41) is 6.10. The molecule has 5 heteroatoms. The summed E-state index contributed by atoms with van der Waals surface area (Å²) in [7, 11) is 0. The molecule has 1 rings (SSSR count). The average Bonchev–Trinajstić information content (AvgIpc) is 2.39. The van der Waals surface area contributed by atoms with Gasteiger partial charge in [0.25, 0.3) is 0 Å². The first-order valence-corrected chi connectivity index (χ1v) is 6.86. The lowest BCUT2D eigenvalue weighted by atomic mass is 9.97. The molecular weight excluding hydrogens is 279 g/mol. The number of carbonyl (C=O) groups is 1. The third-order valence-electron chi connectivity index (χ3n) is 2.98. The van der Waals surface area contributed by atoms with E-state index in [1.54, 1.807) is 12.1 Å². The number of benzene rings is 1. The van der Waals surface area contributed by atoms with Gasteiger partial charge in [0.2, 0.25) is 5.91 Å². The third kappa shape index (κ3) is 7.46. The predicted molar refractivity (Wildman–Crippen MR) is 82.9 cm³/mol. The second-order valence-electron chi connectivity index (χ2n) is 4.76. The number of halogens is 2. The first kappa shape index (κ1) is 18.9. The van der Waals surface area contributed by atoms with Crippen molar-refractivity contribution in [3.8, 4) is 0 Å². The van der Waals surface area contributed by atoms with Crippen molar-refractivity contribution >= 4 is 18.3 Å². The maximum atomic E-state index is 12.8. The second-order valence-corrected chi connectivity index (χ2v) is 4.76. The predicted octanol–water partition coefficient (Wildman–Crippen LogP) is 2.86. The van der Waals surface area contributed by atoms with E-state index < -0.39 is 0 Å². The number of carbonyl (C=O) groups excluding carboxylic acids is 1. The van der Waals surface area contributed by atoms with Gasteiger partial charge >= 0.3 is 0 Å². The Balaban J connectivity index is 0.00000361. The van der Waals surface area contributed by atoms with Gasteiger partial charge in [0.15, 0.2) is 0 Å². The highest BCUT2D eigenvalue weighted by Crippen LogP contribution is 2.18. The third-order valence-corrected chi connectivity index (χ3v) is 2.98. The highest BCUT2D eigenvalue weighted by atomic mass is 35.5. The molecular formula is C15H24ClFN2O. The summed E-state index contributed by atoms with van der Waals surface area (Å²) in [6.45, 7) is 6.50. The van der Waals surface area contributed by atoms with Crippen molar-refractivity contribution in [1.82, 2.24) is 10.6 Å². The van der Waals surface area contributed by atoms with E-state index in [0.29, 0.717) is 13.0 Å². The van der Waals surface area contributed by atoms with Gasteiger partial charge in [-0.3, -0.25) is 4.79 Å². The van der Waals surface area contributed by atoms with E-state index in [2.05, 4.69) is 17.6 Å². The molecule has 1 unspecified atom stereocenters. The smallest absolute Gasteiger partial charge is 0.220 e. The molecule has 2 N–H and O–H groups in total. The maximum absolute atomic E-state index is 12.8. The van der Waals surface area contributed by atoms with Gasteiger partial charge in [0.1, 0.15) is 5.82 Å². The molecule has 1 aromatic carbocycles. The van der Waals surface area contributed by atoms with Crippen LogP contribution in [-0.4, -0.2) is 25.5 Å². The highest BCUT2D eigenvalue weighted by molar-refractivity contribution is 5.85. The van der Waals surface area contributed by atoms with E-state index in [1.807, 2.05) is 6.92 Å². The van der Waals surface area contributed by atoms with E-state index >= 15 is 0 Å². The highest BCUT2D eigenvalue weighted by Gasteiger charge is 2.10. The average molecular weight is 303 g/mol. The Morgan fingerprint density at radius 3 is 2.45 bits per heavy atom. The summed E-state index contributed by atoms with van der Waals surface area (Å²) in [6.07, 6.45) is 1.52. The molecule has 0 saturated carbocycles. The van der Waals surface area contributed by atoms with Crippen molar-refractivity contribution in [2.75, 3.05) is 19.6 Å². The molecule has 0 bridgehead atoms. The van der Waals surface area contributed by atoms with Gasteiger partial charge in [-0.2, -0.15) is 0 Å². The van der Waals surface area contributed by atoms with Crippen molar-refractivity contribution < 1.29 is 9.18 Å². The lowest BCUT2D eigenvalue weighted by Gasteiger charge is -2.12. The van der Waals surface area contributed by atoms with Gasteiger partial charge in [-0.05, 0) is 36.6 Å². The summed E-state index contributed by atoms with van der Waals surface area (Å²) in [5.41, 5.74) is 0.987. The fourth-order valence-corrected chi connectivity index (χ4v) is 1.85. The molecule has 114 valence electrons. The van der Waals surface area contributed by atoms with Crippen LogP contribution in [0.25, 0.3) is 0 Å². The molecule has 0 fully saturated rings. The van der Waals surface area contributed by atoms with Gasteiger partial charge in [0, 0.05) is 19.5 Å². The first-order chi connectivity index (χ1) is 9.13. The number of amides is 1. The van der Waals surface area contributed by atoms with Gasteiger partial charge in [-0.15, -0.1) is 12.4 Å². The van der Waals surface area contributed by atoms with E-state index in [9.17, 15) is 9.18 Å². The number of nitrogens with one attached hydrogen (secondary N) is 2. The SMILES string of the molecule is CCCNCCNC(=O)CC(C)c1ccc(F)cc1.Cl. The molecule has 20 heavy (non-hydrogen) atoms. The van der Waals surface area contributed by atoms with Crippen molar-refractivity contribution in [3.63, 3.8) is 0 Å². The fourth-order valence-electron chi connectivity index (χ4n) is 1.85. The molecule has 0 aliphatic heterocycles. The summed E-state index contributed by atoms with van der Waals surface area (Å²) in [4.78, 5) is 11.7. The minimum Gasteiger partial charge on any atom is -0.355 e. The van der Waals surface area contributed by atoms with Crippen molar-refractivity contribution in [1.29, 1.82) is 0 Å². The molecule has 0 aliphatic rings. The maximum Gasteiger partial charge on any atom is 0.220 e. The topological polar surface area (TPSA) is 41.1 Å². The van der Waals surface area contributed by atoms with E-state index in [1.165, 1.54) is 12.1 Å². The molecule has 1 atom stereocenters. The zero-order valence-corrected chi connectivity index (χ0v) is 12.9. The van der Waals surface area contributed by atoms with Crippen LogP contribution in [0.4, 0.5) is 4.39 Å². The Kier molecular flexibility index (Phi) is 10.0. The van der Waals surface area contributed by atoms with Gasteiger partial charge < -0.3 is 10.6 Å². The zero-order valence-electron chi connectivity index (χ0n) is 12.1. The molecule has 0 spiro atoms. The first-order valence-electron chi connectivity index (χ1n) is 6.86. The standard InChI is InChI=1S/C15H23FN2O.ClH/c1-3-8-17-9-10-18-15(19)11-12(2)13-4-6-14(16)7-5-13;/h4-7,12,17H,3,8-11H2,1-2H3,(H,18,19);1H. The Morgan fingerprint density at radius 2 is 1.85 bits per heavy atom. The van der Waals surface area contributed by atoms with E-state index in [4.69, 9.17) is 0 Å². The molecule has 1 amide bonds. The molecule has 0 heterocycles. The minimum absolute atomic E-state index is 0. The number of hydrogen-bond acceptors (Lipinski definition) is 2. The molecule has 0 saturated heterocycles. The lowest BCUT2D eigenvalue weighted by molar-refractivity contribution is -0.121. The molecule has 0 radical (unpaired) electrons. The minimum atomic E-state index is -0.248. The van der Waals surface area contributed by atoms with Crippen LogP contribution < -0.4 is 10.6 Å². The summed E-state index contributed by atoms with van der Waals surface area (Å²) < 4.78 is 12.8. The monoisotopic (exact) mass is 302 g/mol. The van der Waals surface area contributed by atoms with Crippen LogP contribution in [0.2, 0.25) is 0 Å². The quantitative estimate of drug-likeness (QED) is 0.725. The largest absolute Gasteiger partial charge is 0.355 e. The van der Waals surface area contributed by atoms with Gasteiger partial charge in [-0.1, -0.05) is 26.0 Å². The van der Waals surface area contributed by atoms with Crippen LogP contribution >= 0.6 is 12.4 Å². The van der Waals surface area contributed by atoms with Gasteiger partial charge in [-0.25, -0.2) is 4.39 Å². The summed E-state index contributed by atoms with van der Waals surface area (Å²) in [5.74, 6) is -0.110. The summed E-state index contributed by atoms with van der Waals surface area (Å²) >= 11 is 0. The molecule has 0 aliphatic carbocycles. The van der Waals surface area contributed by atoms with Crippen molar-refractivity contribution in [2.24, 2.45) is 0 Å². The molecule has 3 nitrogen and oxygen atoms in total. The van der Waals surface area contributed by atoms with Crippen LogP contribution in [0.15, 0.2) is 24.3 Å². The van der Waals surface area contributed by atoms with Crippen LogP contribution in [0, 0.1) is 5.82 Å². The number of rotatable bonds is 8. The van der Waals surface area contributed by atoms with Crippen LogP contribution in [0.3, 0.4) is 0 Å². The van der Waals surface area contributed by atoms with Crippen molar-refractivity contribution in [2.45, 2.75) is 32.6 Å². The van der Waals surface area contributed by atoms with Gasteiger partial charge in [0.05, 0.1) is 0 Å². The Bertz CT molecular complexity index is 384. The summed E-state index contributed by atoms with van der Waals surface area (Å²) in [6, 6.07) is 6.32. The Labute approximate surface area is 126 Å². The second kappa shape index (κ2) is 10.6. The van der Waals surface area contributed by atoms with Crippen molar-refractivity contribution in [3.05, 3.63) is 35.6 Å². The Morgan fingerprint density at radius 1 is 1.20 bits per heavy atom. The van der Waals surface area contributed by atoms with Crippen LogP contribution in [-0.2, 0) is 4.79 Å².